The Kier molecular flexibility index (Phi) is 2.00. The van der Waals surface area contributed by atoms with Crippen molar-refractivity contribution in [2.24, 2.45) is 0 Å². The lowest BCUT2D eigenvalue weighted by Gasteiger charge is -2.05. The van der Waals surface area contributed by atoms with E-state index < -0.39 is 0 Å². The Morgan fingerprint density at radius 2 is 2.07 bits per heavy atom. The second-order valence-electron chi connectivity index (χ2n) is 3.45. The van der Waals surface area contributed by atoms with E-state index in [-0.39, 0.29) is 0 Å². The van der Waals surface area contributed by atoms with Crippen LogP contribution in [0.3, 0.4) is 0 Å². The van der Waals surface area contributed by atoms with Crippen LogP contribution in [-0.2, 0) is 0 Å². The Bertz CT molecular complexity index is 437. The van der Waals surface area contributed by atoms with Gasteiger partial charge in [-0.05, 0) is 25.5 Å². The van der Waals surface area contributed by atoms with E-state index in [1.54, 1.807) is 6.20 Å². The maximum Gasteiger partial charge on any atom is 0.139 e. The zero-order valence-corrected chi connectivity index (χ0v) is 8.33. The molecule has 0 spiro atoms. The number of hydrogen-bond donors (Lipinski definition) is 2. The van der Waals surface area contributed by atoms with Gasteiger partial charge in [-0.1, -0.05) is 12.1 Å². The molecular formula is C11H13N3. The van der Waals surface area contributed by atoms with Crippen molar-refractivity contribution < 1.29 is 0 Å². The van der Waals surface area contributed by atoms with Gasteiger partial charge < -0.3 is 10.7 Å². The van der Waals surface area contributed by atoms with Crippen LogP contribution in [0.25, 0.3) is 11.4 Å². The fourth-order valence-electron chi connectivity index (χ4n) is 1.55. The zero-order chi connectivity index (χ0) is 10.1. The molecule has 0 bridgehead atoms. The van der Waals surface area contributed by atoms with Gasteiger partial charge in [-0.15, -0.1) is 0 Å². The fourth-order valence-corrected chi connectivity index (χ4v) is 1.55. The number of nitrogens with two attached hydrogens (primary N) is 1. The van der Waals surface area contributed by atoms with Crippen LogP contribution in [0.2, 0.25) is 0 Å². The number of nitrogens with zero attached hydrogens (tertiary/aromatic N) is 1. The first-order chi connectivity index (χ1) is 6.68. The van der Waals surface area contributed by atoms with Gasteiger partial charge in [0.1, 0.15) is 5.82 Å². The zero-order valence-electron chi connectivity index (χ0n) is 8.33. The van der Waals surface area contributed by atoms with Crippen LogP contribution < -0.4 is 5.73 Å². The highest BCUT2D eigenvalue weighted by Crippen LogP contribution is 2.26. The molecule has 0 aliphatic heterocycles. The number of imidazole rings is 1. The van der Waals surface area contributed by atoms with Gasteiger partial charge in [0.05, 0.1) is 0 Å². The molecule has 0 unspecified atom stereocenters. The number of aromatic nitrogens is 2. The monoisotopic (exact) mass is 187 g/mol. The van der Waals surface area contributed by atoms with Crippen molar-refractivity contribution in [1.82, 2.24) is 9.97 Å². The fraction of sp³-hybridized carbons (Fsp3) is 0.182. The average Bonchev–Trinajstić information content (AvgIpc) is 2.51. The second kappa shape index (κ2) is 3.18. The maximum atomic E-state index is 5.90. The molecule has 0 saturated heterocycles. The molecule has 14 heavy (non-hydrogen) atoms. The predicted octanol–water partition coefficient (Wildman–Crippen LogP) is 2.28. The van der Waals surface area contributed by atoms with Crippen molar-refractivity contribution in [3.05, 3.63) is 35.7 Å². The molecule has 0 aliphatic rings. The first kappa shape index (κ1) is 8.81. The van der Waals surface area contributed by atoms with Gasteiger partial charge in [0.25, 0.3) is 0 Å². The molecule has 3 nitrogen and oxygen atoms in total. The van der Waals surface area contributed by atoms with Gasteiger partial charge >= 0.3 is 0 Å². The molecule has 1 aromatic heterocycles. The summed E-state index contributed by atoms with van der Waals surface area (Å²) < 4.78 is 0. The molecule has 1 heterocycles. The largest absolute Gasteiger partial charge is 0.398 e. The summed E-state index contributed by atoms with van der Waals surface area (Å²) in [7, 11) is 0. The molecule has 0 radical (unpaired) electrons. The van der Waals surface area contributed by atoms with Gasteiger partial charge in [-0.3, -0.25) is 0 Å². The lowest BCUT2D eigenvalue weighted by atomic mass is 10.1. The number of anilines is 1. The standard InChI is InChI=1S/C11H13N3/c1-7-4-3-5-9(12)10(7)11-13-6-8(2)14-11/h3-6H,12H2,1-2H3,(H,13,14). The van der Waals surface area contributed by atoms with E-state index in [0.29, 0.717) is 0 Å². The second-order valence-corrected chi connectivity index (χ2v) is 3.45. The third-order valence-electron chi connectivity index (χ3n) is 2.24. The highest BCUT2D eigenvalue weighted by atomic mass is 14.9. The van der Waals surface area contributed by atoms with Crippen LogP contribution in [0, 0.1) is 13.8 Å². The van der Waals surface area contributed by atoms with Crippen molar-refractivity contribution in [2.75, 3.05) is 5.73 Å². The van der Waals surface area contributed by atoms with Gasteiger partial charge in [0.15, 0.2) is 0 Å². The van der Waals surface area contributed by atoms with Crippen molar-refractivity contribution in [1.29, 1.82) is 0 Å². The summed E-state index contributed by atoms with van der Waals surface area (Å²) in [5.41, 5.74) is 9.85. The molecule has 1 aromatic carbocycles. The van der Waals surface area contributed by atoms with Crippen molar-refractivity contribution >= 4 is 5.69 Å². The van der Waals surface area contributed by atoms with Crippen molar-refractivity contribution in [2.45, 2.75) is 13.8 Å². The van der Waals surface area contributed by atoms with Crippen LogP contribution in [0.4, 0.5) is 5.69 Å². The molecule has 0 atom stereocenters. The van der Waals surface area contributed by atoms with Crippen LogP contribution in [0.5, 0.6) is 0 Å². The van der Waals surface area contributed by atoms with Crippen LogP contribution >= 0.6 is 0 Å². The smallest absolute Gasteiger partial charge is 0.139 e. The Labute approximate surface area is 83.0 Å². The van der Waals surface area contributed by atoms with E-state index >= 15 is 0 Å². The number of nitrogen functional groups attached to an aromatic ring is 1. The molecule has 3 N–H and O–H groups in total. The third-order valence-corrected chi connectivity index (χ3v) is 2.24. The molecule has 2 aromatic rings. The lowest BCUT2D eigenvalue weighted by Crippen LogP contribution is -1.93. The van der Waals surface area contributed by atoms with E-state index in [1.807, 2.05) is 32.0 Å². The number of benzene rings is 1. The predicted molar refractivity (Wildman–Crippen MR) is 57.9 cm³/mol. The SMILES string of the molecule is Cc1cnc(-c2c(C)cccc2N)[nH]1. The van der Waals surface area contributed by atoms with Gasteiger partial charge in [0.2, 0.25) is 0 Å². The molecule has 0 aliphatic carbocycles. The highest BCUT2D eigenvalue weighted by Gasteiger charge is 2.08. The number of aryl methyl sites for hydroxylation is 2. The molecule has 3 heteroatoms. The van der Waals surface area contributed by atoms with Crippen LogP contribution in [-0.4, -0.2) is 9.97 Å². The van der Waals surface area contributed by atoms with Crippen molar-refractivity contribution in [3.8, 4) is 11.4 Å². The van der Waals surface area contributed by atoms with Crippen LogP contribution in [0.1, 0.15) is 11.3 Å². The lowest BCUT2D eigenvalue weighted by molar-refractivity contribution is 1.24. The Morgan fingerprint density at radius 1 is 1.29 bits per heavy atom. The Hall–Kier alpha value is -1.77. The summed E-state index contributed by atoms with van der Waals surface area (Å²) in [5.74, 6) is 0.845. The molecule has 2 rings (SSSR count). The van der Waals surface area contributed by atoms with E-state index in [9.17, 15) is 0 Å². The summed E-state index contributed by atoms with van der Waals surface area (Å²) in [5, 5.41) is 0. The molecule has 72 valence electrons. The average molecular weight is 187 g/mol. The number of H-pyrrole nitrogens is 1. The molecule has 0 fully saturated rings. The Morgan fingerprint density at radius 3 is 2.64 bits per heavy atom. The first-order valence-electron chi connectivity index (χ1n) is 4.55. The van der Waals surface area contributed by atoms with E-state index in [1.165, 1.54) is 0 Å². The summed E-state index contributed by atoms with van der Waals surface area (Å²) in [6.45, 7) is 4.01. The highest BCUT2D eigenvalue weighted by molar-refractivity contribution is 5.74. The third kappa shape index (κ3) is 1.37. The number of aromatic amines is 1. The normalized spacial score (nSPS) is 10.4. The first-order valence-corrected chi connectivity index (χ1v) is 4.55. The summed E-state index contributed by atoms with van der Waals surface area (Å²) >= 11 is 0. The summed E-state index contributed by atoms with van der Waals surface area (Å²) in [6.07, 6.45) is 1.81. The van der Waals surface area contributed by atoms with Gasteiger partial charge in [-0.25, -0.2) is 4.98 Å². The Balaban J connectivity index is 2.61. The van der Waals surface area contributed by atoms with Crippen molar-refractivity contribution in [3.63, 3.8) is 0 Å². The van der Waals surface area contributed by atoms with E-state index in [4.69, 9.17) is 5.73 Å². The quantitative estimate of drug-likeness (QED) is 0.673. The number of hydrogen-bond acceptors (Lipinski definition) is 2. The maximum absolute atomic E-state index is 5.90. The number of rotatable bonds is 1. The van der Waals surface area contributed by atoms with Crippen LogP contribution in [0.15, 0.2) is 24.4 Å². The van der Waals surface area contributed by atoms with Gasteiger partial charge in [-0.2, -0.15) is 0 Å². The summed E-state index contributed by atoms with van der Waals surface area (Å²) in [4.78, 5) is 7.46. The number of nitrogens with one attached hydrogen (secondary N) is 1. The minimum atomic E-state index is 0.763. The molecule has 0 amide bonds. The summed E-state index contributed by atoms with van der Waals surface area (Å²) in [6, 6.07) is 5.87. The van der Waals surface area contributed by atoms with E-state index in [2.05, 4.69) is 9.97 Å². The van der Waals surface area contributed by atoms with Gasteiger partial charge in [0, 0.05) is 23.1 Å². The molecule has 0 saturated carbocycles. The minimum Gasteiger partial charge on any atom is -0.398 e. The van der Waals surface area contributed by atoms with E-state index in [0.717, 1.165) is 28.3 Å². The topological polar surface area (TPSA) is 54.7 Å². The molecular weight excluding hydrogens is 174 g/mol. The minimum absolute atomic E-state index is 0.763.